The number of aromatic hydroxyl groups is 1. The first kappa shape index (κ1) is 20.2. The Bertz CT molecular complexity index is 966. The number of rotatable bonds is 3. The number of carbonyl (C=O) groups excluding carboxylic acids is 2. The van der Waals surface area contributed by atoms with Crippen molar-refractivity contribution in [2.75, 3.05) is 41.3 Å². The molecule has 1 atom stereocenters. The van der Waals surface area contributed by atoms with Crippen LogP contribution in [0.5, 0.6) is 5.75 Å². The molecule has 0 unspecified atom stereocenters. The molecule has 2 aromatic rings. The molecule has 7 nitrogen and oxygen atoms in total. The van der Waals surface area contributed by atoms with E-state index in [0.717, 1.165) is 24.5 Å². The van der Waals surface area contributed by atoms with E-state index in [9.17, 15) is 14.7 Å². The van der Waals surface area contributed by atoms with Crippen molar-refractivity contribution >= 4 is 28.9 Å². The van der Waals surface area contributed by atoms with Gasteiger partial charge in [0.15, 0.2) is 0 Å². The molecular weight excluding hydrogens is 380 g/mol. The summed E-state index contributed by atoms with van der Waals surface area (Å²) >= 11 is 0. The van der Waals surface area contributed by atoms with Gasteiger partial charge in [-0.1, -0.05) is 24.3 Å². The van der Waals surface area contributed by atoms with E-state index in [0.29, 0.717) is 18.8 Å². The molecule has 2 aliphatic heterocycles. The maximum Gasteiger partial charge on any atom is 0.250 e. The van der Waals surface area contributed by atoms with E-state index < -0.39 is 5.54 Å². The number of amides is 2. The third kappa shape index (κ3) is 3.39. The molecule has 0 saturated carbocycles. The van der Waals surface area contributed by atoms with Crippen molar-refractivity contribution in [1.29, 1.82) is 0 Å². The number of hydrogen-bond donors (Lipinski definition) is 2. The van der Waals surface area contributed by atoms with E-state index in [4.69, 9.17) is 0 Å². The number of phenolic OH excluding ortho intramolecular Hbond substituents is 1. The van der Waals surface area contributed by atoms with Gasteiger partial charge in [0.25, 0.3) is 0 Å². The highest BCUT2D eigenvalue weighted by Gasteiger charge is 2.45. The third-order valence-corrected chi connectivity index (χ3v) is 6.17. The molecule has 0 spiro atoms. The minimum atomic E-state index is -0.975. The second-order valence-corrected chi connectivity index (χ2v) is 8.39. The number of hydrogen-bond acceptors (Lipinski definition) is 5. The molecule has 1 fully saturated rings. The molecule has 0 aromatic heterocycles. The molecule has 1 saturated heterocycles. The normalized spacial score (nSPS) is 19.8. The van der Waals surface area contributed by atoms with Crippen LogP contribution in [-0.4, -0.2) is 59.6 Å². The molecule has 2 aromatic carbocycles. The Hall–Kier alpha value is -3.06. The number of anilines is 3. The first-order chi connectivity index (χ1) is 14.3. The Balaban J connectivity index is 1.52. The quantitative estimate of drug-likeness (QED) is 0.817. The molecule has 7 heteroatoms. The molecule has 2 aliphatic rings. The largest absolute Gasteiger partial charge is 0.506 e. The Labute approximate surface area is 176 Å². The van der Waals surface area contributed by atoms with Crippen molar-refractivity contribution in [1.82, 2.24) is 4.90 Å². The summed E-state index contributed by atoms with van der Waals surface area (Å²) in [5.41, 5.74) is 1.23. The van der Waals surface area contributed by atoms with Gasteiger partial charge in [0.2, 0.25) is 11.8 Å². The molecule has 0 aliphatic carbocycles. The lowest BCUT2D eigenvalue weighted by Gasteiger charge is -2.45. The molecule has 30 heavy (non-hydrogen) atoms. The molecular formula is C23H28N4O3. The van der Waals surface area contributed by atoms with Crippen LogP contribution in [0.25, 0.3) is 0 Å². The van der Waals surface area contributed by atoms with Gasteiger partial charge in [-0.15, -0.1) is 0 Å². The molecule has 4 rings (SSSR count). The topological polar surface area (TPSA) is 76.1 Å². The number of piperazine rings is 1. The maximum atomic E-state index is 13.6. The van der Waals surface area contributed by atoms with Crippen LogP contribution in [0.15, 0.2) is 48.5 Å². The molecule has 2 N–H and O–H groups in total. The van der Waals surface area contributed by atoms with Crippen molar-refractivity contribution in [3.8, 4) is 5.75 Å². The van der Waals surface area contributed by atoms with Gasteiger partial charge in [0, 0.05) is 26.2 Å². The number of nitrogens with one attached hydrogen (secondary N) is 1. The molecule has 2 heterocycles. The summed E-state index contributed by atoms with van der Waals surface area (Å²) in [6.45, 7) is 8.29. The van der Waals surface area contributed by atoms with Gasteiger partial charge in [-0.05, 0) is 45.0 Å². The fourth-order valence-electron chi connectivity index (χ4n) is 4.27. The van der Waals surface area contributed by atoms with Crippen LogP contribution < -0.4 is 15.1 Å². The van der Waals surface area contributed by atoms with Crippen LogP contribution in [-0.2, 0) is 9.59 Å². The number of nitrogens with zero attached hydrogens (tertiary/aromatic N) is 3. The minimum Gasteiger partial charge on any atom is -0.506 e. The maximum absolute atomic E-state index is 13.6. The van der Waals surface area contributed by atoms with Crippen molar-refractivity contribution in [3.05, 3.63) is 48.5 Å². The average molecular weight is 409 g/mol. The summed E-state index contributed by atoms with van der Waals surface area (Å²) in [5, 5.41) is 13.0. The van der Waals surface area contributed by atoms with Crippen LogP contribution in [0.4, 0.5) is 17.1 Å². The first-order valence-electron chi connectivity index (χ1n) is 10.3. The van der Waals surface area contributed by atoms with Crippen LogP contribution >= 0.6 is 0 Å². The van der Waals surface area contributed by atoms with E-state index in [1.165, 1.54) is 0 Å². The van der Waals surface area contributed by atoms with Crippen LogP contribution in [0, 0.1) is 0 Å². The van der Waals surface area contributed by atoms with Gasteiger partial charge in [-0.25, -0.2) is 0 Å². The summed E-state index contributed by atoms with van der Waals surface area (Å²) in [6.07, 6.45) is 0. The van der Waals surface area contributed by atoms with E-state index in [1.807, 2.05) is 49.4 Å². The van der Waals surface area contributed by atoms with Gasteiger partial charge in [-0.2, -0.15) is 0 Å². The standard InChI is InChI=1S/C23H28N4O3/c1-16(25-12-14-26(15-13-25)19-10-6-7-11-20(19)28)21(29)27-18-9-5-4-8-17(18)24-22(30)23(27,2)3/h4-11,16,28H,12-15H2,1-3H3,(H,24,30)/t16-/m0/s1. The zero-order chi connectivity index (χ0) is 21.5. The monoisotopic (exact) mass is 408 g/mol. The first-order valence-corrected chi connectivity index (χ1v) is 10.3. The van der Waals surface area contributed by atoms with Crippen molar-refractivity contribution < 1.29 is 14.7 Å². The molecule has 158 valence electrons. The van der Waals surface area contributed by atoms with E-state index in [2.05, 4.69) is 15.1 Å². The fourth-order valence-corrected chi connectivity index (χ4v) is 4.27. The Morgan fingerprint density at radius 1 is 1.00 bits per heavy atom. The highest BCUT2D eigenvalue weighted by atomic mass is 16.3. The third-order valence-electron chi connectivity index (χ3n) is 6.17. The number of benzene rings is 2. The Morgan fingerprint density at radius 3 is 2.27 bits per heavy atom. The Kier molecular flexibility index (Phi) is 5.15. The smallest absolute Gasteiger partial charge is 0.250 e. The zero-order valence-corrected chi connectivity index (χ0v) is 17.6. The fraction of sp³-hybridized carbons (Fsp3) is 0.391. The van der Waals surface area contributed by atoms with Crippen LogP contribution in [0.3, 0.4) is 0 Å². The molecule has 0 radical (unpaired) electrons. The van der Waals surface area contributed by atoms with Crippen molar-refractivity contribution in [2.45, 2.75) is 32.4 Å². The van der Waals surface area contributed by atoms with Gasteiger partial charge in [0.1, 0.15) is 11.3 Å². The second-order valence-electron chi connectivity index (χ2n) is 8.39. The molecule has 0 bridgehead atoms. The average Bonchev–Trinajstić information content (AvgIpc) is 2.74. The second kappa shape index (κ2) is 7.65. The number of para-hydroxylation sites is 4. The number of phenols is 1. The SMILES string of the molecule is C[C@@H](C(=O)N1c2ccccc2NC(=O)C1(C)C)N1CCN(c2ccccc2O)CC1. The summed E-state index contributed by atoms with van der Waals surface area (Å²) in [4.78, 5) is 32.2. The number of fused-ring (bicyclic) bond motifs is 1. The minimum absolute atomic E-state index is 0.0849. The van der Waals surface area contributed by atoms with Crippen molar-refractivity contribution in [3.63, 3.8) is 0 Å². The summed E-state index contributed by atoms with van der Waals surface area (Å²) in [6, 6.07) is 14.4. The van der Waals surface area contributed by atoms with E-state index in [-0.39, 0.29) is 23.6 Å². The van der Waals surface area contributed by atoms with E-state index >= 15 is 0 Å². The highest BCUT2D eigenvalue weighted by molar-refractivity contribution is 6.15. The number of carbonyl (C=O) groups is 2. The predicted molar refractivity (Wildman–Crippen MR) is 118 cm³/mol. The van der Waals surface area contributed by atoms with E-state index in [1.54, 1.807) is 24.8 Å². The summed E-state index contributed by atoms with van der Waals surface area (Å²) < 4.78 is 0. The van der Waals surface area contributed by atoms with Crippen molar-refractivity contribution in [2.24, 2.45) is 0 Å². The van der Waals surface area contributed by atoms with Gasteiger partial charge >= 0.3 is 0 Å². The van der Waals surface area contributed by atoms with Crippen LogP contribution in [0.1, 0.15) is 20.8 Å². The van der Waals surface area contributed by atoms with Crippen LogP contribution in [0.2, 0.25) is 0 Å². The van der Waals surface area contributed by atoms with Gasteiger partial charge in [0.05, 0.1) is 23.1 Å². The lowest BCUT2D eigenvalue weighted by molar-refractivity contribution is -0.129. The predicted octanol–water partition coefficient (Wildman–Crippen LogP) is 2.67. The summed E-state index contributed by atoms with van der Waals surface area (Å²) in [5.74, 6) is -0.00260. The highest BCUT2D eigenvalue weighted by Crippen LogP contribution is 2.37. The van der Waals surface area contributed by atoms with Gasteiger partial charge in [-0.3, -0.25) is 19.4 Å². The zero-order valence-electron chi connectivity index (χ0n) is 17.6. The van der Waals surface area contributed by atoms with Gasteiger partial charge < -0.3 is 15.3 Å². The summed E-state index contributed by atoms with van der Waals surface area (Å²) in [7, 11) is 0. The Morgan fingerprint density at radius 2 is 1.60 bits per heavy atom. The lowest BCUT2D eigenvalue weighted by atomic mass is 9.95. The lowest BCUT2D eigenvalue weighted by Crippen LogP contribution is -2.63. The molecule has 2 amide bonds.